The van der Waals surface area contributed by atoms with E-state index in [1.165, 1.54) is 0 Å². The maximum absolute atomic E-state index is 11.1. The molecule has 1 aromatic rings. The van der Waals surface area contributed by atoms with Crippen molar-refractivity contribution in [3.8, 4) is 0 Å². The Hall–Kier alpha value is -1.16. The van der Waals surface area contributed by atoms with Gasteiger partial charge in [0.05, 0.1) is 5.56 Å². The molecule has 0 fully saturated rings. The Labute approximate surface area is 99.5 Å². The number of aromatic carboxylic acids is 1. The van der Waals surface area contributed by atoms with Gasteiger partial charge < -0.3 is 10.0 Å². The Bertz CT molecular complexity index is 406. The first-order chi connectivity index (χ1) is 7.74. The molecule has 0 aromatic heterocycles. The number of carboxylic acids is 1. The van der Waals surface area contributed by atoms with Crippen LogP contribution in [0, 0.1) is 0 Å². The van der Waals surface area contributed by atoms with Crippen molar-refractivity contribution in [2.45, 2.75) is 6.42 Å². The number of carbonyl (C=O) groups is 1. The summed E-state index contributed by atoms with van der Waals surface area (Å²) in [5.41, 5.74) is 2.56. The Kier molecular flexibility index (Phi) is 3.39. The van der Waals surface area contributed by atoms with Crippen LogP contribution in [0.25, 0.3) is 0 Å². The van der Waals surface area contributed by atoms with Crippen molar-refractivity contribution in [2.75, 3.05) is 30.0 Å². The topological polar surface area (TPSA) is 40.5 Å². The van der Waals surface area contributed by atoms with Gasteiger partial charge in [0.25, 0.3) is 0 Å². The van der Waals surface area contributed by atoms with E-state index >= 15 is 0 Å². The minimum absolute atomic E-state index is 0.462. The Balaban J connectivity index is 2.27. The van der Waals surface area contributed by atoms with Gasteiger partial charge in [0.15, 0.2) is 0 Å². The molecule has 1 aliphatic heterocycles. The minimum Gasteiger partial charge on any atom is -0.478 e. The number of anilines is 1. The molecule has 86 valence electrons. The van der Waals surface area contributed by atoms with Crippen molar-refractivity contribution < 1.29 is 9.90 Å². The number of thioether (sulfide) groups is 1. The fourth-order valence-corrected chi connectivity index (χ4v) is 2.54. The first-order valence-electron chi connectivity index (χ1n) is 5.33. The molecule has 16 heavy (non-hydrogen) atoms. The van der Waals surface area contributed by atoms with Gasteiger partial charge in [0, 0.05) is 24.5 Å². The van der Waals surface area contributed by atoms with Crippen LogP contribution in [0.2, 0.25) is 0 Å². The molecular weight excluding hydrogens is 222 g/mol. The van der Waals surface area contributed by atoms with E-state index < -0.39 is 5.97 Å². The lowest BCUT2D eigenvalue weighted by molar-refractivity contribution is 0.0696. The summed E-state index contributed by atoms with van der Waals surface area (Å²) in [5, 5.41) is 9.09. The number of hydrogen-bond donors (Lipinski definition) is 1. The molecule has 0 saturated heterocycles. The van der Waals surface area contributed by atoms with Crippen LogP contribution < -0.4 is 4.90 Å². The quantitative estimate of drug-likeness (QED) is 0.870. The van der Waals surface area contributed by atoms with Gasteiger partial charge in [-0.05, 0) is 30.4 Å². The SMILES string of the molecule is CSCCN1CCc2c(C(=O)O)cccc21. The van der Waals surface area contributed by atoms with E-state index in [1.807, 2.05) is 23.9 Å². The molecule has 0 radical (unpaired) electrons. The largest absolute Gasteiger partial charge is 0.478 e. The monoisotopic (exact) mass is 237 g/mol. The van der Waals surface area contributed by atoms with Crippen LogP contribution in [0.15, 0.2) is 18.2 Å². The van der Waals surface area contributed by atoms with E-state index in [4.69, 9.17) is 5.11 Å². The van der Waals surface area contributed by atoms with Crippen LogP contribution in [0.5, 0.6) is 0 Å². The van der Waals surface area contributed by atoms with Crippen LogP contribution in [-0.4, -0.2) is 36.2 Å². The van der Waals surface area contributed by atoms with Gasteiger partial charge in [0.2, 0.25) is 0 Å². The highest BCUT2D eigenvalue weighted by atomic mass is 32.2. The third kappa shape index (κ3) is 2.02. The maximum atomic E-state index is 11.1. The maximum Gasteiger partial charge on any atom is 0.336 e. The first-order valence-corrected chi connectivity index (χ1v) is 6.72. The van der Waals surface area contributed by atoms with Crippen molar-refractivity contribution in [1.82, 2.24) is 0 Å². The van der Waals surface area contributed by atoms with Crippen LogP contribution in [0.4, 0.5) is 5.69 Å². The highest BCUT2D eigenvalue weighted by Gasteiger charge is 2.23. The third-order valence-corrected chi connectivity index (χ3v) is 3.51. The number of carboxylic acid groups (broad SMARTS) is 1. The average Bonchev–Trinajstić information content (AvgIpc) is 2.69. The van der Waals surface area contributed by atoms with Gasteiger partial charge in [-0.1, -0.05) is 6.07 Å². The van der Waals surface area contributed by atoms with Crippen molar-refractivity contribution in [2.24, 2.45) is 0 Å². The third-order valence-electron chi connectivity index (χ3n) is 2.92. The van der Waals surface area contributed by atoms with Gasteiger partial charge in [-0.15, -0.1) is 0 Å². The summed E-state index contributed by atoms with van der Waals surface area (Å²) in [6.07, 6.45) is 2.94. The van der Waals surface area contributed by atoms with Gasteiger partial charge >= 0.3 is 5.97 Å². The van der Waals surface area contributed by atoms with E-state index in [1.54, 1.807) is 6.07 Å². The highest BCUT2D eigenvalue weighted by Crippen LogP contribution is 2.30. The second-order valence-electron chi connectivity index (χ2n) is 3.84. The zero-order valence-corrected chi connectivity index (χ0v) is 10.1. The summed E-state index contributed by atoms with van der Waals surface area (Å²) in [6.45, 7) is 1.94. The summed E-state index contributed by atoms with van der Waals surface area (Å²) in [7, 11) is 0. The Morgan fingerprint density at radius 3 is 3.06 bits per heavy atom. The normalized spacial score (nSPS) is 13.9. The van der Waals surface area contributed by atoms with Gasteiger partial charge in [0.1, 0.15) is 0 Å². The van der Waals surface area contributed by atoms with Crippen LogP contribution in [0.3, 0.4) is 0 Å². The highest BCUT2D eigenvalue weighted by molar-refractivity contribution is 7.98. The molecule has 2 rings (SSSR count). The van der Waals surface area contributed by atoms with Crippen LogP contribution in [-0.2, 0) is 6.42 Å². The van der Waals surface area contributed by atoms with Gasteiger partial charge in [-0.25, -0.2) is 4.79 Å². The lowest BCUT2D eigenvalue weighted by Gasteiger charge is -2.18. The molecular formula is C12H15NO2S. The predicted molar refractivity (Wildman–Crippen MR) is 67.7 cm³/mol. The number of rotatable bonds is 4. The molecule has 0 aliphatic carbocycles. The number of nitrogens with zero attached hydrogens (tertiary/aromatic N) is 1. The molecule has 0 saturated carbocycles. The summed E-state index contributed by atoms with van der Waals surface area (Å²) < 4.78 is 0. The van der Waals surface area contributed by atoms with Crippen LogP contribution in [0.1, 0.15) is 15.9 Å². The fourth-order valence-electron chi connectivity index (χ4n) is 2.13. The second kappa shape index (κ2) is 4.78. The first kappa shape index (κ1) is 11.3. The van der Waals surface area contributed by atoms with Gasteiger partial charge in [-0.3, -0.25) is 0 Å². The molecule has 4 heteroatoms. The molecule has 0 bridgehead atoms. The molecule has 0 atom stereocenters. The van der Waals surface area contributed by atoms with E-state index in [0.29, 0.717) is 5.56 Å². The molecule has 1 aromatic carbocycles. The molecule has 0 amide bonds. The average molecular weight is 237 g/mol. The van der Waals surface area contributed by atoms with E-state index in [0.717, 1.165) is 36.5 Å². The minimum atomic E-state index is -0.816. The van der Waals surface area contributed by atoms with E-state index in [2.05, 4.69) is 11.2 Å². The lowest BCUT2D eigenvalue weighted by Crippen LogP contribution is -2.23. The predicted octanol–water partition coefficient (Wildman–Crippen LogP) is 2.11. The van der Waals surface area contributed by atoms with Crippen molar-refractivity contribution in [1.29, 1.82) is 0 Å². The number of benzene rings is 1. The summed E-state index contributed by atoms with van der Waals surface area (Å²) in [4.78, 5) is 13.3. The standard InChI is InChI=1S/C12H15NO2S/c1-16-8-7-13-6-5-9-10(12(14)15)3-2-4-11(9)13/h2-4H,5-8H2,1H3,(H,14,15). The molecule has 0 spiro atoms. The second-order valence-corrected chi connectivity index (χ2v) is 4.82. The number of hydrogen-bond acceptors (Lipinski definition) is 3. The fraction of sp³-hybridized carbons (Fsp3) is 0.417. The van der Waals surface area contributed by atoms with Crippen molar-refractivity contribution >= 4 is 23.4 Å². The molecule has 1 heterocycles. The Morgan fingerprint density at radius 2 is 2.38 bits per heavy atom. The summed E-state index contributed by atoms with van der Waals surface area (Å²) >= 11 is 1.82. The van der Waals surface area contributed by atoms with E-state index in [9.17, 15) is 4.79 Å². The summed E-state index contributed by atoms with van der Waals surface area (Å²) in [6, 6.07) is 5.55. The van der Waals surface area contributed by atoms with E-state index in [-0.39, 0.29) is 0 Å². The smallest absolute Gasteiger partial charge is 0.336 e. The molecule has 1 aliphatic rings. The van der Waals surface area contributed by atoms with Crippen molar-refractivity contribution in [3.63, 3.8) is 0 Å². The van der Waals surface area contributed by atoms with Crippen molar-refractivity contribution in [3.05, 3.63) is 29.3 Å². The summed E-state index contributed by atoms with van der Waals surface area (Å²) in [5.74, 6) is 0.264. The molecule has 0 unspecified atom stereocenters. The molecule has 3 nitrogen and oxygen atoms in total. The molecule has 1 N–H and O–H groups in total. The lowest BCUT2D eigenvalue weighted by atomic mass is 10.1. The zero-order valence-electron chi connectivity index (χ0n) is 9.27. The number of fused-ring (bicyclic) bond motifs is 1. The Morgan fingerprint density at radius 1 is 1.56 bits per heavy atom. The van der Waals surface area contributed by atoms with Crippen LogP contribution >= 0.6 is 11.8 Å². The zero-order chi connectivity index (χ0) is 11.5. The van der Waals surface area contributed by atoms with Gasteiger partial charge in [-0.2, -0.15) is 11.8 Å².